The average Bonchev–Trinajstić information content (AvgIpc) is 2.35. The Kier molecular flexibility index (Phi) is 6.06. The molecule has 0 aliphatic heterocycles. The lowest BCUT2D eigenvalue weighted by Crippen LogP contribution is -2.38. The van der Waals surface area contributed by atoms with Crippen molar-refractivity contribution in [2.45, 2.75) is 38.8 Å². The van der Waals surface area contributed by atoms with E-state index in [1.54, 1.807) is 12.1 Å². The first-order valence-electron chi connectivity index (χ1n) is 6.42. The molecule has 0 saturated heterocycles. The van der Waals surface area contributed by atoms with Gasteiger partial charge in [-0.25, -0.2) is 4.39 Å². The molecule has 0 heterocycles. The second-order valence-corrected chi connectivity index (χ2v) is 4.93. The highest BCUT2D eigenvalue weighted by Crippen LogP contribution is 2.30. The summed E-state index contributed by atoms with van der Waals surface area (Å²) in [5.74, 6) is -0.282. The third-order valence-electron chi connectivity index (χ3n) is 3.57. The summed E-state index contributed by atoms with van der Waals surface area (Å²) < 4.78 is 14.0. The molecule has 0 aliphatic carbocycles. The van der Waals surface area contributed by atoms with Gasteiger partial charge in [0.05, 0.1) is 6.04 Å². The number of halogens is 2. The first kappa shape index (κ1) is 15.4. The lowest BCUT2D eigenvalue weighted by Gasteiger charge is -2.34. The molecular formula is C14H22ClFN2. The minimum Gasteiger partial charge on any atom is -0.329 e. The van der Waals surface area contributed by atoms with Crippen LogP contribution in [-0.2, 0) is 0 Å². The Hall–Kier alpha value is -0.640. The number of benzene rings is 1. The van der Waals surface area contributed by atoms with Gasteiger partial charge in [-0.15, -0.1) is 0 Å². The SMILES string of the molecule is CCC(CC)N(C)C(CN)c1c(F)cccc1Cl. The van der Waals surface area contributed by atoms with Gasteiger partial charge >= 0.3 is 0 Å². The third kappa shape index (κ3) is 3.22. The molecule has 0 spiro atoms. The van der Waals surface area contributed by atoms with Crippen LogP contribution in [0.25, 0.3) is 0 Å². The van der Waals surface area contributed by atoms with Crippen LogP contribution < -0.4 is 5.73 Å². The Morgan fingerprint density at radius 1 is 1.33 bits per heavy atom. The highest BCUT2D eigenvalue weighted by atomic mass is 35.5. The van der Waals surface area contributed by atoms with Crippen LogP contribution in [0.1, 0.15) is 38.3 Å². The Morgan fingerprint density at radius 3 is 2.39 bits per heavy atom. The normalized spacial score (nSPS) is 13.3. The summed E-state index contributed by atoms with van der Waals surface area (Å²) in [5, 5.41) is 0.447. The second kappa shape index (κ2) is 7.07. The highest BCUT2D eigenvalue weighted by molar-refractivity contribution is 6.31. The maximum Gasteiger partial charge on any atom is 0.129 e. The minimum absolute atomic E-state index is 0.177. The first-order valence-corrected chi connectivity index (χ1v) is 6.80. The van der Waals surface area contributed by atoms with Gasteiger partial charge in [-0.3, -0.25) is 4.90 Å². The molecule has 4 heteroatoms. The number of hydrogen-bond acceptors (Lipinski definition) is 2. The summed E-state index contributed by atoms with van der Waals surface area (Å²) >= 11 is 6.12. The molecule has 102 valence electrons. The van der Waals surface area contributed by atoms with E-state index in [-0.39, 0.29) is 11.9 Å². The van der Waals surface area contributed by atoms with Crippen LogP contribution in [-0.4, -0.2) is 24.5 Å². The molecule has 18 heavy (non-hydrogen) atoms. The van der Waals surface area contributed by atoms with E-state index in [0.717, 1.165) is 12.8 Å². The molecule has 0 saturated carbocycles. The van der Waals surface area contributed by atoms with E-state index >= 15 is 0 Å². The standard InChI is InChI=1S/C14H22ClFN2/c1-4-10(5-2)18(3)13(9-17)14-11(15)7-6-8-12(14)16/h6-8,10,13H,4-5,9,17H2,1-3H3. The van der Waals surface area contributed by atoms with E-state index in [4.69, 9.17) is 17.3 Å². The van der Waals surface area contributed by atoms with Crippen LogP contribution in [0.2, 0.25) is 5.02 Å². The molecule has 1 aromatic carbocycles. The molecule has 0 fully saturated rings. The van der Waals surface area contributed by atoms with Crippen molar-refractivity contribution >= 4 is 11.6 Å². The third-order valence-corrected chi connectivity index (χ3v) is 3.90. The molecule has 0 amide bonds. The zero-order valence-corrected chi connectivity index (χ0v) is 12.0. The highest BCUT2D eigenvalue weighted by Gasteiger charge is 2.25. The molecule has 2 nitrogen and oxygen atoms in total. The van der Waals surface area contributed by atoms with Crippen molar-refractivity contribution in [3.05, 3.63) is 34.6 Å². The number of nitrogens with two attached hydrogens (primary N) is 1. The first-order chi connectivity index (χ1) is 8.56. The van der Waals surface area contributed by atoms with Gasteiger partial charge in [-0.2, -0.15) is 0 Å². The predicted octanol–water partition coefficient (Wildman–Crippen LogP) is 3.60. The monoisotopic (exact) mass is 272 g/mol. The minimum atomic E-state index is -0.282. The lowest BCUT2D eigenvalue weighted by molar-refractivity contribution is 0.165. The van der Waals surface area contributed by atoms with E-state index in [0.29, 0.717) is 23.2 Å². The van der Waals surface area contributed by atoms with Crippen molar-refractivity contribution in [1.29, 1.82) is 0 Å². The van der Waals surface area contributed by atoms with E-state index in [1.807, 2.05) is 7.05 Å². The van der Waals surface area contributed by atoms with E-state index in [9.17, 15) is 4.39 Å². The van der Waals surface area contributed by atoms with Crippen LogP contribution in [0.5, 0.6) is 0 Å². The number of rotatable bonds is 6. The number of hydrogen-bond donors (Lipinski definition) is 1. The van der Waals surface area contributed by atoms with Crippen molar-refractivity contribution in [3.63, 3.8) is 0 Å². The predicted molar refractivity (Wildman–Crippen MR) is 75.3 cm³/mol. The summed E-state index contributed by atoms with van der Waals surface area (Å²) in [6.45, 7) is 4.61. The molecule has 0 aromatic heterocycles. The van der Waals surface area contributed by atoms with Gasteiger partial charge in [0.2, 0.25) is 0 Å². The summed E-state index contributed by atoms with van der Waals surface area (Å²) in [6, 6.07) is 4.97. The van der Waals surface area contributed by atoms with Gasteiger partial charge in [0, 0.05) is 23.2 Å². The van der Waals surface area contributed by atoms with Crippen LogP contribution in [0.4, 0.5) is 4.39 Å². The molecule has 2 N–H and O–H groups in total. The summed E-state index contributed by atoms with van der Waals surface area (Å²) in [5.41, 5.74) is 6.33. The molecule has 0 radical (unpaired) electrons. The molecule has 1 unspecified atom stereocenters. The maximum atomic E-state index is 14.0. The zero-order valence-electron chi connectivity index (χ0n) is 11.3. The van der Waals surface area contributed by atoms with Crippen LogP contribution in [0.3, 0.4) is 0 Å². The van der Waals surface area contributed by atoms with Gasteiger partial charge in [-0.05, 0) is 32.0 Å². The van der Waals surface area contributed by atoms with Crippen molar-refractivity contribution < 1.29 is 4.39 Å². The van der Waals surface area contributed by atoms with Crippen LogP contribution in [0, 0.1) is 5.82 Å². The van der Waals surface area contributed by atoms with Crippen LogP contribution in [0.15, 0.2) is 18.2 Å². The molecule has 0 bridgehead atoms. The molecule has 1 rings (SSSR count). The van der Waals surface area contributed by atoms with Crippen LogP contribution >= 0.6 is 11.6 Å². The van der Waals surface area contributed by atoms with E-state index in [1.165, 1.54) is 6.07 Å². The van der Waals surface area contributed by atoms with Gasteiger partial charge in [0.1, 0.15) is 5.82 Å². The molecular weight excluding hydrogens is 251 g/mol. The summed E-state index contributed by atoms with van der Waals surface area (Å²) in [4.78, 5) is 2.13. The summed E-state index contributed by atoms with van der Waals surface area (Å²) in [6.07, 6.45) is 2.02. The largest absolute Gasteiger partial charge is 0.329 e. The van der Waals surface area contributed by atoms with Crippen molar-refractivity contribution in [2.75, 3.05) is 13.6 Å². The van der Waals surface area contributed by atoms with E-state index < -0.39 is 0 Å². The molecule has 1 aromatic rings. The van der Waals surface area contributed by atoms with Gasteiger partial charge < -0.3 is 5.73 Å². The second-order valence-electron chi connectivity index (χ2n) is 4.52. The van der Waals surface area contributed by atoms with Gasteiger partial charge in [0.25, 0.3) is 0 Å². The smallest absolute Gasteiger partial charge is 0.129 e. The van der Waals surface area contributed by atoms with Crippen molar-refractivity contribution in [1.82, 2.24) is 4.90 Å². The topological polar surface area (TPSA) is 29.3 Å². The van der Waals surface area contributed by atoms with Gasteiger partial charge in [0.15, 0.2) is 0 Å². The zero-order chi connectivity index (χ0) is 13.7. The Bertz CT molecular complexity index is 360. The molecule has 1 atom stereocenters. The van der Waals surface area contributed by atoms with Crippen molar-refractivity contribution in [2.24, 2.45) is 5.73 Å². The number of likely N-dealkylation sites (N-methyl/N-ethyl adjacent to an activating group) is 1. The maximum absolute atomic E-state index is 14.0. The van der Waals surface area contributed by atoms with Gasteiger partial charge in [-0.1, -0.05) is 31.5 Å². The summed E-state index contributed by atoms with van der Waals surface area (Å²) in [7, 11) is 1.98. The van der Waals surface area contributed by atoms with Crippen molar-refractivity contribution in [3.8, 4) is 0 Å². The Morgan fingerprint density at radius 2 is 1.94 bits per heavy atom. The number of nitrogens with zero attached hydrogens (tertiary/aromatic N) is 1. The quantitative estimate of drug-likeness (QED) is 0.857. The fourth-order valence-corrected chi connectivity index (χ4v) is 2.72. The Labute approximate surface area is 114 Å². The fraction of sp³-hybridized carbons (Fsp3) is 0.571. The lowest BCUT2D eigenvalue weighted by atomic mass is 10.0. The average molecular weight is 273 g/mol. The Balaban J connectivity index is 3.09. The van der Waals surface area contributed by atoms with E-state index in [2.05, 4.69) is 18.7 Å². The molecule has 0 aliphatic rings. The fourth-order valence-electron chi connectivity index (χ4n) is 2.44.